The monoisotopic (exact) mass is 244 g/mol. The van der Waals surface area contributed by atoms with Gasteiger partial charge in [0.2, 0.25) is 0 Å². The van der Waals surface area contributed by atoms with E-state index in [-0.39, 0.29) is 12.6 Å². The molecule has 0 saturated heterocycles. The van der Waals surface area contributed by atoms with Crippen LogP contribution in [0.2, 0.25) is 0 Å². The van der Waals surface area contributed by atoms with Gasteiger partial charge in [-0.25, -0.2) is 0 Å². The Morgan fingerprint density at radius 3 is 2.24 bits per heavy atom. The lowest BCUT2D eigenvalue weighted by Gasteiger charge is -2.26. The molecule has 0 heterocycles. The van der Waals surface area contributed by atoms with Gasteiger partial charge in [0.1, 0.15) is 0 Å². The molecule has 0 bridgehead atoms. The minimum absolute atomic E-state index is 0.235. The molecule has 0 fully saturated rings. The van der Waals surface area contributed by atoms with Gasteiger partial charge < -0.3 is 15.3 Å². The van der Waals surface area contributed by atoms with Crippen molar-refractivity contribution < 1.29 is 5.11 Å². The van der Waals surface area contributed by atoms with E-state index in [1.165, 1.54) is 13.0 Å². The highest BCUT2D eigenvalue weighted by Gasteiger charge is 2.12. The standard InChI is InChI=1S/C14H32N2O/c1-6-13(5)10-16(7-2)9-8-14(11-17)15-12(3)4/h12-15,17H,6-11H2,1-5H3. The number of aliphatic hydroxyl groups is 1. The third kappa shape index (κ3) is 8.58. The molecule has 0 aliphatic heterocycles. The highest BCUT2D eigenvalue weighted by molar-refractivity contribution is 4.71. The van der Waals surface area contributed by atoms with Crippen LogP contribution < -0.4 is 5.32 Å². The Hall–Kier alpha value is -0.120. The average Bonchev–Trinajstić information content (AvgIpc) is 2.31. The van der Waals surface area contributed by atoms with Gasteiger partial charge in [-0.1, -0.05) is 41.0 Å². The number of nitrogens with zero attached hydrogens (tertiary/aromatic N) is 1. The minimum Gasteiger partial charge on any atom is -0.395 e. The second kappa shape index (κ2) is 9.86. The molecule has 3 nitrogen and oxygen atoms in total. The Labute approximate surface area is 108 Å². The molecule has 0 aliphatic rings. The maximum Gasteiger partial charge on any atom is 0.0585 e. The zero-order valence-corrected chi connectivity index (χ0v) is 12.4. The maximum atomic E-state index is 9.31. The van der Waals surface area contributed by atoms with Crippen LogP contribution in [0.5, 0.6) is 0 Å². The molecule has 0 aliphatic carbocycles. The van der Waals surface area contributed by atoms with Crippen LogP contribution in [0.25, 0.3) is 0 Å². The summed E-state index contributed by atoms with van der Waals surface area (Å²) in [5, 5.41) is 12.7. The number of hydrogen-bond acceptors (Lipinski definition) is 3. The van der Waals surface area contributed by atoms with E-state index in [4.69, 9.17) is 0 Å². The van der Waals surface area contributed by atoms with Crippen molar-refractivity contribution in [2.45, 2.75) is 59.5 Å². The van der Waals surface area contributed by atoms with Crippen LogP contribution in [0, 0.1) is 5.92 Å². The Morgan fingerprint density at radius 2 is 1.82 bits per heavy atom. The summed E-state index contributed by atoms with van der Waals surface area (Å²) >= 11 is 0. The predicted molar refractivity (Wildman–Crippen MR) is 75.3 cm³/mol. The van der Waals surface area contributed by atoms with Gasteiger partial charge in [-0.2, -0.15) is 0 Å². The third-order valence-electron chi connectivity index (χ3n) is 3.30. The molecule has 2 unspecified atom stereocenters. The van der Waals surface area contributed by atoms with Crippen LogP contribution in [0.15, 0.2) is 0 Å². The van der Waals surface area contributed by atoms with Crippen LogP contribution >= 0.6 is 0 Å². The smallest absolute Gasteiger partial charge is 0.0585 e. The maximum absolute atomic E-state index is 9.31. The van der Waals surface area contributed by atoms with Crippen molar-refractivity contribution in [3.63, 3.8) is 0 Å². The summed E-state index contributed by atoms with van der Waals surface area (Å²) in [6.07, 6.45) is 2.27. The molecule has 3 heteroatoms. The first-order chi connectivity index (χ1) is 8.03. The Balaban J connectivity index is 3.93. The summed E-state index contributed by atoms with van der Waals surface area (Å²) in [4.78, 5) is 2.48. The molecule has 0 rings (SSSR count). The highest BCUT2D eigenvalue weighted by atomic mass is 16.3. The first-order valence-corrected chi connectivity index (χ1v) is 7.12. The zero-order chi connectivity index (χ0) is 13.3. The quantitative estimate of drug-likeness (QED) is 0.618. The average molecular weight is 244 g/mol. The SMILES string of the molecule is CCC(C)CN(CC)CCC(CO)NC(C)C. The van der Waals surface area contributed by atoms with Gasteiger partial charge in [-0.05, 0) is 25.4 Å². The van der Waals surface area contributed by atoms with Crippen molar-refractivity contribution in [3.05, 3.63) is 0 Å². The van der Waals surface area contributed by atoms with Gasteiger partial charge in [-0.3, -0.25) is 0 Å². The fourth-order valence-electron chi connectivity index (χ4n) is 1.99. The van der Waals surface area contributed by atoms with E-state index in [2.05, 4.69) is 44.8 Å². The molecular weight excluding hydrogens is 212 g/mol. The van der Waals surface area contributed by atoms with E-state index in [1.807, 2.05) is 0 Å². The second-order valence-corrected chi connectivity index (χ2v) is 5.40. The van der Waals surface area contributed by atoms with Crippen LogP contribution in [0.1, 0.15) is 47.5 Å². The van der Waals surface area contributed by atoms with Crippen molar-refractivity contribution in [2.75, 3.05) is 26.2 Å². The minimum atomic E-state index is 0.235. The summed E-state index contributed by atoms with van der Waals surface area (Å²) < 4.78 is 0. The molecule has 0 aromatic carbocycles. The topological polar surface area (TPSA) is 35.5 Å². The van der Waals surface area contributed by atoms with Crippen molar-refractivity contribution in [2.24, 2.45) is 5.92 Å². The summed E-state index contributed by atoms with van der Waals surface area (Å²) in [7, 11) is 0. The summed E-state index contributed by atoms with van der Waals surface area (Å²) in [5.74, 6) is 0.764. The molecule has 104 valence electrons. The van der Waals surface area contributed by atoms with E-state index >= 15 is 0 Å². The molecule has 0 aromatic heterocycles. The lowest BCUT2D eigenvalue weighted by Crippen LogP contribution is -2.41. The molecule has 0 spiro atoms. The third-order valence-corrected chi connectivity index (χ3v) is 3.30. The molecule has 0 radical (unpaired) electrons. The molecule has 2 N–H and O–H groups in total. The normalized spacial score (nSPS) is 15.5. The van der Waals surface area contributed by atoms with Gasteiger partial charge in [0.05, 0.1) is 6.61 Å². The van der Waals surface area contributed by atoms with Gasteiger partial charge in [0.25, 0.3) is 0 Å². The van der Waals surface area contributed by atoms with E-state index in [9.17, 15) is 5.11 Å². The van der Waals surface area contributed by atoms with Crippen molar-refractivity contribution in [1.82, 2.24) is 10.2 Å². The predicted octanol–water partition coefficient (Wildman–Crippen LogP) is 2.10. The number of nitrogens with one attached hydrogen (secondary N) is 1. The Morgan fingerprint density at radius 1 is 1.18 bits per heavy atom. The first-order valence-electron chi connectivity index (χ1n) is 7.12. The van der Waals surface area contributed by atoms with Gasteiger partial charge in [-0.15, -0.1) is 0 Å². The van der Waals surface area contributed by atoms with Crippen LogP contribution in [0.4, 0.5) is 0 Å². The van der Waals surface area contributed by atoms with E-state index in [1.54, 1.807) is 0 Å². The number of aliphatic hydroxyl groups excluding tert-OH is 1. The fourth-order valence-corrected chi connectivity index (χ4v) is 1.99. The molecule has 17 heavy (non-hydrogen) atoms. The van der Waals surface area contributed by atoms with Gasteiger partial charge >= 0.3 is 0 Å². The van der Waals surface area contributed by atoms with Crippen LogP contribution in [0.3, 0.4) is 0 Å². The largest absolute Gasteiger partial charge is 0.395 e. The van der Waals surface area contributed by atoms with E-state index in [0.717, 1.165) is 25.4 Å². The Kier molecular flexibility index (Phi) is 9.79. The van der Waals surface area contributed by atoms with Crippen molar-refractivity contribution >= 4 is 0 Å². The van der Waals surface area contributed by atoms with Crippen LogP contribution in [-0.2, 0) is 0 Å². The summed E-state index contributed by atoms with van der Waals surface area (Å²) in [5.41, 5.74) is 0. The second-order valence-electron chi connectivity index (χ2n) is 5.40. The lowest BCUT2D eigenvalue weighted by atomic mass is 10.1. The summed E-state index contributed by atoms with van der Waals surface area (Å²) in [6.45, 7) is 14.6. The first kappa shape index (κ1) is 16.9. The van der Waals surface area contributed by atoms with Gasteiger partial charge in [0.15, 0.2) is 0 Å². The molecule has 0 aromatic rings. The van der Waals surface area contributed by atoms with E-state index < -0.39 is 0 Å². The lowest BCUT2D eigenvalue weighted by molar-refractivity contribution is 0.192. The molecule has 0 saturated carbocycles. The highest BCUT2D eigenvalue weighted by Crippen LogP contribution is 2.05. The fraction of sp³-hybridized carbons (Fsp3) is 1.00. The van der Waals surface area contributed by atoms with Crippen molar-refractivity contribution in [1.29, 1.82) is 0 Å². The Bertz CT molecular complexity index is 174. The number of hydrogen-bond donors (Lipinski definition) is 2. The van der Waals surface area contributed by atoms with E-state index in [0.29, 0.717) is 6.04 Å². The van der Waals surface area contributed by atoms with Crippen molar-refractivity contribution in [3.8, 4) is 0 Å². The molecular formula is C14H32N2O. The summed E-state index contributed by atoms with van der Waals surface area (Å²) in [6, 6.07) is 0.678. The number of rotatable bonds is 10. The molecule has 0 amide bonds. The zero-order valence-electron chi connectivity index (χ0n) is 12.4. The molecule has 2 atom stereocenters. The van der Waals surface area contributed by atoms with Crippen LogP contribution in [-0.4, -0.2) is 48.3 Å². The van der Waals surface area contributed by atoms with Gasteiger partial charge in [0, 0.05) is 18.6 Å².